The number of alkyl halides is 3. The van der Waals surface area contributed by atoms with Gasteiger partial charge >= 0.3 is 12.2 Å². The normalized spacial score (nSPS) is 12.8. The third-order valence-corrected chi connectivity index (χ3v) is 3.82. The Labute approximate surface area is 141 Å². The Morgan fingerprint density at radius 3 is 2.56 bits per heavy atom. The average Bonchev–Trinajstić information content (AvgIpc) is 3.04. The number of urea groups is 1. The van der Waals surface area contributed by atoms with Gasteiger partial charge in [-0.25, -0.2) is 4.79 Å². The lowest BCUT2D eigenvalue weighted by Crippen LogP contribution is -2.31. The van der Waals surface area contributed by atoms with Crippen molar-refractivity contribution < 1.29 is 18.0 Å². The highest BCUT2D eigenvalue weighted by Crippen LogP contribution is 2.30. The van der Waals surface area contributed by atoms with E-state index in [-0.39, 0.29) is 0 Å². The second-order valence-corrected chi connectivity index (χ2v) is 5.58. The Bertz CT molecular complexity index is 887. The van der Waals surface area contributed by atoms with Gasteiger partial charge in [-0.1, -0.05) is 18.2 Å². The van der Waals surface area contributed by atoms with E-state index in [9.17, 15) is 18.0 Å². The molecule has 0 radical (unpaired) electrons. The second-order valence-electron chi connectivity index (χ2n) is 5.58. The molecule has 0 bridgehead atoms. The number of fused-ring (bicyclic) bond motifs is 1. The summed E-state index contributed by atoms with van der Waals surface area (Å²) in [5.41, 5.74) is 1.22. The maximum Gasteiger partial charge on any atom is 0.416 e. The zero-order valence-electron chi connectivity index (χ0n) is 13.2. The highest BCUT2D eigenvalue weighted by atomic mass is 19.4. The van der Waals surface area contributed by atoms with Crippen LogP contribution in [0.15, 0.2) is 48.7 Å². The van der Waals surface area contributed by atoms with Crippen molar-refractivity contribution in [3.63, 3.8) is 0 Å². The van der Waals surface area contributed by atoms with E-state index < -0.39 is 23.8 Å². The van der Waals surface area contributed by atoms with Crippen molar-refractivity contribution in [1.82, 2.24) is 15.5 Å². The van der Waals surface area contributed by atoms with Crippen LogP contribution in [0.25, 0.3) is 10.9 Å². The molecule has 0 aliphatic rings. The quantitative estimate of drug-likeness (QED) is 0.654. The summed E-state index contributed by atoms with van der Waals surface area (Å²) in [4.78, 5) is 12.2. The maximum atomic E-state index is 12.6. The van der Waals surface area contributed by atoms with Gasteiger partial charge in [0.1, 0.15) is 0 Å². The number of nitrogens with one attached hydrogen (secondary N) is 3. The first-order valence-corrected chi connectivity index (χ1v) is 7.51. The fourth-order valence-corrected chi connectivity index (χ4v) is 2.48. The first-order valence-electron chi connectivity index (χ1n) is 7.51. The molecule has 3 rings (SSSR count). The molecular weight excluding hydrogens is 333 g/mol. The summed E-state index contributed by atoms with van der Waals surface area (Å²) in [5, 5.41) is 12.9. The predicted octanol–water partition coefficient (Wildman–Crippen LogP) is 4.46. The number of aromatic amines is 1. The minimum atomic E-state index is -4.38. The lowest BCUT2D eigenvalue weighted by Gasteiger charge is -2.16. The van der Waals surface area contributed by atoms with Crippen LogP contribution in [-0.2, 0) is 6.18 Å². The van der Waals surface area contributed by atoms with Crippen molar-refractivity contribution in [2.24, 2.45) is 0 Å². The largest absolute Gasteiger partial charge is 0.416 e. The number of rotatable bonds is 3. The van der Waals surface area contributed by atoms with E-state index in [0.29, 0.717) is 11.3 Å². The minimum Gasteiger partial charge on any atom is -0.331 e. The van der Waals surface area contributed by atoms with Gasteiger partial charge in [-0.15, -0.1) is 0 Å². The second kappa shape index (κ2) is 6.46. The zero-order valence-corrected chi connectivity index (χ0v) is 13.2. The van der Waals surface area contributed by atoms with Crippen molar-refractivity contribution >= 4 is 22.6 Å². The molecule has 25 heavy (non-hydrogen) atoms. The van der Waals surface area contributed by atoms with E-state index in [1.807, 2.05) is 6.07 Å². The van der Waals surface area contributed by atoms with E-state index in [4.69, 9.17) is 0 Å². The number of anilines is 1. The van der Waals surface area contributed by atoms with E-state index in [0.717, 1.165) is 23.0 Å². The Morgan fingerprint density at radius 2 is 1.88 bits per heavy atom. The standard InChI is InChI=1S/C17H15F3N4O/c1-10(11-5-7-12(8-6-11)17(18,19)20)22-16(25)23-14-3-2-4-15-13(14)9-21-24-15/h2-10H,1H3,(H,21,24)(H2,22,23,25)/t10-/m1/s1. The van der Waals surface area contributed by atoms with Crippen LogP contribution in [0.1, 0.15) is 24.1 Å². The molecule has 5 nitrogen and oxygen atoms in total. The van der Waals surface area contributed by atoms with Gasteiger partial charge in [0.2, 0.25) is 0 Å². The molecule has 0 saturated carbocycles. The minimum absolute atomic E-state index is 0.453. The van der Waals surface area contributed by atoms with Crippen molar-refractivity contribution in [3.05, 3.63) is 59.8 Å². The fourth-order valence-electron chi connectivity index (χ4n) is 2.48. The van der Waals surface area contributed by atoms with Crippen molar-refractivity contribution in [2.75, 3.05) is 5.32 Å². The van der Waals surface area contributed by atoms with Gasteiger partial charge in [-0.2, -0.15) is 18.3 Å². The van der Waals surface area contributed by atoms with Crippen LogP contribution in [0.3, 0.4) is 0 Å². The third-order valence-electron chi connectivity index (χ3n) is 3.82. The smallest absolute Gasteiger partial charge is 0.331 e. The molecule has 0 saturated heterocycles. The number of benzene rings is 2. The SMILES string of the molecule is C[C@@H](NC(=O)Nc1cccc2[nH]ncc12)c1ccc(C(F)(F)F)cc1. The lowest BCUT2D eigenvalue weighted by molar-refractivity contribution is -0.137. The third kappa shape index (κ3) is 3.73. The summed E-state index contributed by atoms with van der Waals surface area (Å²) in [6.45, 7) is 1.70. The first-order chi connectivity index (χ1) is 11.8. The number of amides is 2. The van der Waals surface area contributed by atoms with Crippen LogP contribution in [-0.4, -0.2) is 16.2 Å². The molecule has 1 atom stereocenters. The number of hydrogen-bond donors (Lipinski definition) is 3. The van der Waals surface area contributed by atoms with Gasteiger partial charge < -0.3 is 10.6 Å². The topological polar surface area (TPSA) is 69.8 Å². The summed E-state index contributed by atoms with van der Waals surface area (Å²) in [7, 11) is 0. The van der Waals surface area contributed by atoms with Crippen LogP contribution >= 0.6 is 0 Å². The number of carbonyl (C=O) groups excluding carboxylic acids is 1. The number of hydrogen-bond acceptors (Lipinski definition) is 2. The molecule has 0 aliphatic carbocycles. The summed E-state index contributed by atoms with van der Waals surface area (Å²) in [5.74, 6) is 0. The fraction of sp³-hybridized carbons (Fsp3) is 0.176. The van der Waals surface area contributed by atoms with E-state index >= 15 is 0 Å². The highest BCUT2D eigenvalue weighted by Gasteiger charge is 2.30. The van der Waals surface area contributed by atoms with Crippen molar-refractivity contribution in [2.45, 2.75) is 19.1 Å². The van der Waals surface area contributed by atoms with Gasteiger partial charge in [0.25, 0.3) is 0 Å². The molecular formula is C17H15F3N4O. The molecule has 8 heteroatoms. The first kappa shape index (κ1) is 16.8. The molecule has 3 aromatic rings. The summed E-state index contributed by atoms with van der Waals surface area (Å²) in [6.07, 6.45) is -2.78. The zero-order chi connectivity index (χ0) is 18.0. The van der Waals surface area contributed by atoms with Gasteiger partial charge in [0.15, 0.2) is 0 Å². The van der Waals surface area contributed by atoms with Gasteiger partial charge in [-0.05, 0) is 36.8 Å². The van der Waals surface area contributed by atoms with Crippen molar-refractivity contribution in [1.29, 1.82) is 0 Å². The number of nitrogens with zero attached hydrogens (tertiary/aromatic N) is 1. The Kier molecular flexibility index (Phi) is 4.35. The molecule has 130 valence electrons. The lowest BCUT2D eigenvalue weighted by atomic mass is 10.1. The maximum absolute atomic E-state index is 12.6. The number of carbonyl (C=O) groups is 1. The Balaban J connectivity index is 1.67. The molecule has 2 amide bonds. The number of H-pyrrole nitrogens is 1. The molecule has 0 aliphatic heterocycles. The van der Waals surface area contributed by atoms with E-state index in [2.05, 4.69) is 20.8 Å². The van der Waals surface area contributed by atoms with Crippen molar-refractivity contribution in [3.8, 4) is 0 Å². The summed E-state index contributed by atoms with van der Waals surface area (Å²) >= 11 is 0. The molecule has 0 spiro atoms. The number of aromatic nitrogens is 2. The molecule has 1 heterocycles. The van der Waals surface area contributed by atoms with Crippen LogP contribution in [0.5, 0.6) is 0 Å². The summed E-state index contributed by atoms with van der Waals surface area (Å²) < 4.78 is 37.8. The molecule has 0 fully saturated rings. The van der Waals surface area contributed by atoms with Crippen LogP contribution < -0.4 is 10.6 Å². The van der Waals surface area contributed by atoms with Gasteiger partial charge in [-0.3, -0.25) is 5.10 Å². The monoisotopic (exact) mass is 348 g/mol. The van der Waals surface area contributed by atoms with Crippen LogP contribution in [0, 0.1) is 0 Å². The van der Waals surface area contributed by atoms with E-state index in [1.54, 1.807) is 25.3 Å². The molecule has 2 aromatic carbocycles. The number of halogens is 3. The predicted molar refractivity (Wildman–Crippen MR) is 88.1 cm³/mol. The average molecular weight is 348 g/mol. The van der Waals surface area contributed by atoms with Crippen LogP contribution in [0.4, 0.5) is 23.7 Å². The Morgan fingerprint density at radius 1 is 1.16 bits per heavy atom. The molecule has 1 aromatic heterocycles. The van der Waals surface area contributed by atoms with Gasteiger partial charge in [0, 0.05) is 5.39 Å². The Hall–Kier alpha value is -3.03. The van der Waals surface area contributed by atoms with E-state index in [1.165, 1.54) is 12.1 Å². The summed E-state index contributed by atoms with van der Waals surface area (Å²) in [6, 6.07) is 9.13. The highest BCUT2D eigenvalue weighted by molar-refractivity contribution is 6.00. The molecule has 3 N–H and O–H groups in total. The molecule has 0 unspecified atom stereocenters. The van der Waals surface area contributed by atoms with Crippen LogP contribution in [0.2, 0.25) is 0 Å². The van der Waals surface area contributed by atoms with Gasteiger partial charge in [0.05, 0.1) is 29.0 Å².